The number of aliphatic carboxylic acids is 1. The lowest BCUT2D eigenvalue weighted by molar-refractivity contribution is -0.143. The summed E-state index contributed by atoms with van der Waals surface area (Å²) >= 11 is 0. The topological polar surface area (TPSA) is 105 Å². The summed E-state index contributed by atoms with van der Waals surface area (Å²) in [6.07, 6.45) is 3.98. The minimum Gasteiger partial charge on any atom is -0.480 e. The molecule has 1 atom stereocenters. The zero-order valence-corrected chi connectivity index (χ0v) is 13.5. The van der Waals surface area contributed by atoms with Gasteiger partial charge in [-0.15, -0.1) is 0 Å². The van der Waals surface area contributed by atoms with Gasteiger partial charge in [0.05, 0.1) is 0 Å². The fourth-order valence-corrected chi connectivity index (χ4v) is 2.54. The number of nitrogens with one attached hydrogen (secondary N) is 2. The molecule has 1 fully saturated rings. The molecule has 1 rings (SSSR count). The van der Waals surface area contributed by atoms with E-state index < -0.39 is 29.6 Å². The number of amides is 2. The molecule has 0 aromatic rings. The molecule has 0 aromatic heterocycles. The number of carboxylic acid groups (broad SMARTS) is 1. The molecule has 1 unspecified atom stereocenters. The van der Waals surface area contributed by atoms with Gasteiger partial charge in [0, 0.05) is 0 Å². The van der Waals surface area contributed by atoms with E-state index in [1.807, 2.05) is 0 Å². The molecule has 22 heavy (non-hydrogen) atoms. The van der Waals surface area contributed by atoms with Gasteiger partial charge in [-0.25, -0.2) is 9.59 Å². The van der Waals surface area contributed by atoms with E-state index in [2.05, 4.69) is 10.6 Å². The van der Waals surface area contributed by atoms with E-state index in [1.54, 1.807) is 20.8 Å². The van der Waals surface area contributed by atoms with E-state index in [4.69, 9.17) is 4.74 Å². The Morgan fingerprint density at radius 3 is 2.27 bits per heavy atom. The highest BCUT2D eigenvalue weighted by molar-refractivity contribution is 5.86. The maximum Gasteiger partial charge on any atom is 0.408 e. The molecular formula is C15H26N2O5. The number of carbonyl (C=O) groups is 3. The van der Waals surface area contributed by atoms with Crippen LogP contribution in [0, 0.1) is 5.92 Å². The van der Waals surface area contributed by atoms with Gasteiger partial charge < -0.3 is 20.5 Å². The number of rotatable bonds is 5. The van der Waals surface area contributed by atoms with Crippen LogP contribution in [0.15, 0.2) is 0 Å². The van der Waals surface area contributed by atoms with Gasteiger partial charge in [-0.2, -0.15) is 0 Å². The number of carboxylic acids is 1. The van der Waals surface area contributed by atoms with Gasteiger partial charge >= 0.3 is 12.1 Å². The second kappa shape index (κ2) is 8.00. The summed E-state index contributed by atoms with van der Waals surface area (Å²) in [4.78, 5) is 34.6. The van der Waals surface area contributed by atoms with Crippen molar-refractivity contribution in [2.24, 2.45) is 5.92 Å². The lowest BCUT2D eigenvalue weighted by atomic mass is 9.84. The Morgan fingerprint density at radius 2 is 1.77 bits per heavy atom. The maximum atomic E-state index is 11.8. The first-order valence-electron chi connectivity index (χ1n) is 7.68. The second-order valence-electron chi connectivity index (χ2n) is 6.64. The van der Waals surface area contributed by atoms with Crippen molar-refractivity contribution in [3.05, 3.63) is 0 Å². The van der Waals surface area contributed by atoms with E-state index in [0.717, 1.165) is 32.1 Å². The molecule has 7 nitrogen and oxygen atoms in total. The van der Waals surface area contributed by atoms with E-state index in [-0.39, 0.29) is 12.5 Å². The Bertz CT molecular complexity index is 411. The Balaban J connectivity index is 2.43. The van der Waals surface area contributed by atoms with Crippen LogP contribution >= 0.6 is 0 Å². The third-order valence-corrected chi connectivity index (χ3v) is 3.50. The Morgan fingerprint density at radius 1 is 1.18 bits per heavy atom. The molecule has 0 bridgehead atoms. The van der Waals surface area contributed by atoms with Gasteiger partial charge in [0.25, 0.3) is 0 Å². The fraction of sp³-hybridized carbons (Fsp3) is 0.800. The van der Waals surface area contributed by atoms with Gasteiger partial charge in [-0.3, -0.25) is 4.79 Å². The van der Waals surface area contributed by atoms with E-state index in [9.17, 15) is 19.5 Å². The standard InChI is InChI=1S/C15H26N2O5/c1-15(2,3)22-14(21)16-9-11(18)17-12(13(19)20)10-7-5-4-6-8-10/h10,12H,4-9H2,1-3H3,(H,16,21)(H,17,18)(H,19,20). The highest BCUT2D eigenvalue weighted by Crippen LogP contribution is 2.26. The number of hydrogen-bond acceptors (Lipinski definition) is 4. The first-order valence-corrected chi connectivity index (χ1v) is 7.68. The Hall–Kier alpha value is -1.79. The molecule has 126 valence electrons. The third kappa shape index (κ3) is 6.78. The predicted octanol–water partition coefficient (Wildman–Crippen LogP) is 1.66. The summed E-state index contributed by atoms with van der Waals surface area (Å²) in [5.41, 5.74) is -0.647. The molecule has 3 N–H and O–H groups in total. The van der Waals surface area contributed by atoms with Crippen LogP contribution in [-0.2, 0) is 14.3 Å². The third-order valence-electron chi connectivity index (χ3n) is 3.50. The van der Waals surface area contributed by atoms with Crippen molar-refractivity contribution in [3.63, 3.8) is 0 Å². The monoisotopic (exact) mass is 314 g/mol. The molecule has 0 saturated heterocycles. The fourth-order valence-electron chi connectivity index (χ4n) is 2.54. The number of alkyl carbamates (subject to hydrolysis) is 1. The summed E-state index contributed by atoms with van der Waals surface area (Å²) in [6, 6.07) is -0.895. The number of carbonyl (C=O) groups excluding carboxylic acids is 2. The maximum absolute atomic E-state index is 11.8. The van der Waals surface area contributed by atoms with Gasteiger partial charge in [0.2, 0.25) is 5.91 Å². The van der Waals surface area contributed by atoms with Crippen LogP contribution in [-0.4, -0.2) is 41.3 Å². The van der Waals surface area contributed by atoms with Crippen molar-refractivity contribution in [3.8, 4) is 0 Å². The normalized spacial score (nSPS) is 17.4. The summed E-state index contributed by atoms with van der Waals surface area (Å²) < 4.78 is 5.01. The molecule has 0 heterocycles. The first kappa shape index (κ1) is 18.3. The average Bonchev–Trinajstić information content (AvgIpc) is 2.41. The van der Waals surface area contributed by atoms with E-state index in [0.29, 0.717) is 0 Å². The molecule has 0 radical (unpaired) electrons. The van der Waals surface area contributed by atoms with Crippen molar-refractivity contribution in [1.29, 1.82) is 0 Å². The number of ether oxygens (including phenoxy) is 1. The summed E-state index contributed by atoms with van der Waals surface area (Å²) in [6.45, 7) is 4.86. The Labute approximate surface area is 130 Å². The van der Waals surface area contributed by atoms with Crippen LogP contribution < -0.4 is 10.6 Å². The minimum absolute atomic E-state index is 0.0447. The minimum atomic E-state index is -1.03. The second-order valence-corrected chi connectivity index (χ2v) is 6.64. The van der Waals surface area contributed by atoms with Gasteiger partial charge in [0.1, 0.15) is 18.2 Å². The summed E-state index contributed by atoms with van der Waals surface area (Å²) in [5.74, 6) is -1.60. The molecule has 1 saturated carbocycles. The van der Waals surface area contributed by atoms with Gasteiger partial charge in [0.15, 0.2) is 0 Å². The van der Waals surface area contributed by atoms with Gasteiger partial charge in [-0.1, -0.05) is 19.3 Å². The van der Waals surface area contributed by atoms with Crippen molar-refractivity contribution < 1.29 is 24.2 Å². The molecule has 0 aliphatic heterocycles. The van der Waals surface area contributed by atoms with Crippen LogP contribution in [0.1, 0.15) is 52.9 Å². The summed E-state index contributed by atoms with van der Waals surface area (Å²) in [5, 5.41) is 14.1. The van der Waals surface area contributed by atoms with Crippen molar-refractivity contribution >= 4 is 18.0 Å². The van der Waals surface area contributed by atoms with Crippen LogP contribution in [0.25, 0.3) is 0 Å². The smallest absolute Gasteiger partial charge is 0.408 e. The molecule has 2 amide bonds. The van der Waals surface area contributed by atoms with Crippen molar-refractivity contribution in [2.75, 3.05) is 6.54 Å². The largest absolute Gasteiger partial charge is 0.480 e. The predicted molar refractivity (Wildman–Crippen MR) is 80.4 cm³/mol. The molecular weight excluding hydrogens is 288 g/mol. The lowest BCUT2D eigenvalue weighted by Gasteiger charge is -2.28. The molecule has 7 heteroatoms. The van der Waals surface area contributed by atoms with Crippen LogP contribution in [0.5, 0.6) is 0 Å². The van der Waals surface area contributed by atoms with Crippen molar-refractivity contribution in [2.45, 2.75) is 64.5 Å². The molecule has 0 spiro atoms. The molecule has 1 aliphatic rings. The zero-order valence-electron chi connectivity index (χ0n) is 13.5. The first-order chi connectivity index (χ1) is 10.2. The Kier molecular flexibility index (Phi) is 6.64. The lowest BCUT2D eigenvalue weighted by Crippen LogP contribution is -2.49. The van der Waals surface area contributed by atoms with Crippen molar-refractivity contribution in [1.82, 2.24) is 10.6 Å². The van der Waals surface area contributed by atoms with Gasteiger partial charge in [-0.05, 0) is 39.5 Å². The average molecular weight is 314 g/mol. The van der Waals surface area contributed by atoms with Crippen LogP contribution in [0.2, 0.25) is 0 Å². The number of hydrogen-bond donors (Lipinski definition) is 3. The highest BCUT2D eigenvalue weighted by atomic mass is 16.6. The summed E-state index contributed by atoms with van der Waals surface area (Å²) in [7, 11) is 0. The SMILES string of the molecule is CC(C)(C)OC(=O)NCC(=O)NC(C(=O)O)C1CCCCC1. The van der Waals surface area contributed by atoms with E-state index >= 15 is 0 Å². The quantitative estimate of drug-likeness (QED) is 0.716. The molecule has 0 aromatic carbocycles. The van der Waals surface area contributed by atoms with Crippen LogP contribution in [0.4, 0.5) is 4.79 Å². The highest BCUT2D eigenvalue weighted by Gasteiger charge is 2.30. The van der Waals surface area contributed by atoms with Crippen LogP contribution in [0.3, 0.4) is 0 Å². The zero-order chi connectivity index (χ0) is 16.8. The molecule has 1 aliphatic carbocycles. The van der Waals surface area contributed by atoms with E-state index in [1.165, 1.54) is 0 Å².